The van der Waals surface area contributed by atoms with E-state index in [2.05, 4.69) is 27.7 Å². The minimum Gasteiger partial charge on any atom is -0.392 e. The van der Waals surface area contributed by atoms with Crippen molar-refractivity contribution < 1.29 is 5.11 Å². The summed E-state index contributed by atoms with van der Waals surface area (Å²) < 4.78 is 0. The van der Waals surface area contributed by atoms with Gasteiger partial charge in [0.1, 0.15) is 0 Å². The largest absolute Gasteiger partial charge is 0.392 e. The molecule has 0 spiro atoms. The SMILES string of the molecule is CC(=CCO)CC(C)(C)C. The summed E-state index contributed by atoms with van der Waals surface area (Å²) in [5.41, 5.74) is 1.62. The third kappa shape index (κ3) is 5.83. The van der Waals surface area contributed by atoms with Gasteiger partial charge in [-0.1, -0.05) is 32.4 Å². The molecule has 0 saturated heterocycles. The van der Waals surface area contributed by atoms with Gasteiger partial charge in [-0.15, -0.1) is 0 Å². The molecule has 0 aliphatic heterocycles. The van der Waals surface area contributed by atoms with Crippen LogP contribution in [0.4, 0.5) is 0 Å². The summed E-state index contributed by atoms with van der Waals surface area (Å²) in [7, 11) is 0. The highest BCUT2D eigenvalue weighted by atomic mass is 16.2. The first-order valence-corrected chi connectivity index (χ1v) is 3.72. The molecule has 0 saturated carbocycles. The molecule has 0 aromatic carbocycles. The molecule has 0 bridgehead atoms. The first kappa shape index (κ1) is 9.70. The molecule has 1 N–H and O–H groups in total. The van der Waals surface area contributed by atoms with Crippen LogP contribution in [0.5, 0.6) is 0 Å². The fourth-order valence-electron chi connectivity index (χ4n) is 1.06. The summed E-state index contributed by atoms with van der Waals surface area (Å²) >= 11 is 0. The smallest absolute Gasteiger partial charge is 0.0614 e. The van der Waals surface area contributed by atoms with Crippen molar-refractivity contribution in [3.63, 3.8) is 0 Å². The Hall–Kier alpha value is -0.300. The van der Waals surface area contributed by atoms with Gasteiger partial charge in [0.2, 0.25) is 0 Å². The average molecular weight is 142 g/mol. The molecule has 0 fully saturated rings. The van der Waals surface area contributed by atoms with Crippen LogP contribution in [0.2, 0.25) is 0 Å². The van der Waals surface area contributed by atoms with Crippen molar-refractivity contribution in [2.45, 2.75) is 34.1 Å². The molecular formula is C9H18O. The molecule has 1 nitrogen and oxygen atoms in total. The van der Waals surface area contributed by atoms with Crippen molar-refractivity contribution >= 4 is 0 Å². The van der Waals surface area contributed by atoms with Crippen LogP contribution in [0.25, 0.3) is 0 Å². The molecule has 0 aliphatic rings. The van der Waals surface area contributed by atoms with E-state index in [-0.39, 0.29) is 6.61 Å². The van der Waals surface area contributed by atoms with E-state index in [1.165, 1.54) is 5.57 Å². The predicted octanol–water partition coefficient (Wildman–Crippen LogP) is 2.36. The first-order chi connectivity index (χ1) is 4.45. The van der Waals surface area contributed by atoms with Crippen LogP contribution in [-0.2, 0) is 0 Å². The molecule has 0 atom stereocenters. The lowest BCUT2D eigenvalue weighted by Gasteiger charge is -2.17. The number of allylic oxidation sites excluding steroid dienone is 1. The van der Waals surface area contributed by atoms with E-state index in [1.807, 2.05) is 6.08 Å². The standard InChI is InChI=1S/C9H18O/c1-8(5-6-10)7-9(2,3)4/h5,10H,6-7H2,1-4H3. The number of aliphatic hydroxyl groups excluding tert-OH is 1. The second-order valence-electron chi connectivity index (χ2n) is 3.97. The molecule has 0 rings (SSSR count). The fourth-order valence-corrected chi connectivity index (χ4v) is 1.06. The quantitative estimate of drug-likeness (QED) is 0.587. The number of hydrogen-bond acceptors (Lipinski definition) is 1. The molecule has 1 heteroatoms. The molecule has 0 unspecified atom stereocenters. The van der Waals surface area contributed by atoms with Crippen LogP contribution < -0.4 is 0 Å². The third-order valence-corrected chi connectivity index (χ3v) is 1.25. The highest BCUT2D eigenvalue weighted by Gasteiger charge is 2.09. The van der Waals surface area contributed by atoms with Gasteiger partial charge < -0.3 is 5.11 Å². The van der Waals surface area contributed by atoms with Gasteiger partial charge in [0, 0.05) is 0 Å². The highest BCUT2D eigenvalue weighted by molar-refractivity contribution is 5.00. The topological polar surface area (TPSA) is 20.2 Å². The number of hydrogen-bond donors (Lipinski definition) is 1. The Kier molecular flexibility index (Phi) is 3.66. The van der Waals surface area contributed by atoms with Crippen LogP contribution in [-0.4, -0.2) is 11.7 Å². The summed E-state index contributed by atoms with van der Waals surface area (Å²) in [6.45, 7) is 8.81. The second-order valence-corrected chi connectivity index (χ2v) is 3.97. The number of aliphatic hydroxyl groups is 1. The van der Waals surface area contributed by atoms with Crippen LogP contribution in [0.1, 0.15) is 34.1 Å². The van der Waals surface area contributed by atoms with E-state index in [0.717, 1.165) is 6.42 Å². The maximum Gasteiger partial charge on any atom is 0.0614 e. The second kappa shape index (κ2) is 3.77. The molecule has 10 heavy (non-hydrogen) atoms. The maximum atomic E-state index is 8.56. The molecule has 0 aromatic rings. The van der Waals surface area contributed by atoms with Crippen LogP contribution in [0, 0.1) is 5.41 Å². The van der Waals surface area contributed by atoms with E-state index in [1.54, 1.807) is 0 Å². The summed E-state index contributed by atoms with van der Waals surface area (Å²) in [6, 6.07) is 0. The van der Waals surface area contributed by atoms with Crippen molar-refractivity contribution in [2.75, 3.05) is 6.61 Å². The Labute approximate surface area is 63.8 Å². The Balaban J connectivity index is 3.79. The first-order valence-electron chi connectivity index (χ1n) is 3.72. The van der Waals surface area contributed by atoms with Crippen molar-refractivity contribution in [3.8, 4) is 0 Å². The van der Waals surface area contributed by atoms with Crippen molar-refractivity contribution in [3.05, 3.63) is 11.6 Å². The molecular weight excluding hydrogens is 124 g/mol. The van der Waals surface area contributed by atoms with Gasteiger partial charge in [0.05, 0.1) is 6.61 Å². The minimum atomic E-state index is 0.169. The lowest BCUT2D eigenvalue weighted by atomic mass is 9.88. The van der Waals surface area contributed by atoms with Crippen molar-refractivity contribution in [1.29, 1.82) is 0 Å². The van der Waals surface area contributed by atoms with Crippen molar-refractivity contribution in [1.82, 2.24) is 0 Å². The number of rotatable bonds is 2. The molecule has 60 valence electrons. The van der Waals surface area contributed by atoms with Gasteiger partial charge in [-0.2, -0.15) is 0 Å². The van der Waals surface area contributed by atoms with Gasteiger partial charge in [0.15, 0.2) is 0 Å². The minimum absolute atomic E-state index is 0.169. The third-order valence-electron chi connectivity index (χ3n) is 1.25. The normalized spacial score (nSPS) is 13.9. The monoisotopic (exact) mass is 142 g/mol. The Morgan fingerprint density at radius 1 is 1.40 bits per heavy atom. The Bertz CT molecular complexity index is 117. The molecule has 0 heterocycles. The average Bonchev–Trinajstić information content (AvgIpc) is 1.59. The van der Waals surface area contributed by atoms with E-state index >= 15 is 0 Å². The summed E-state index contributed by atoms with van der Waals surface area (Å²) in [4.78, 5) is 0. The summed E-state index contributed by atoms with van der Waals surface area (Å²) in [6.07, 6.45) is 2.93. The van der Waals surface area contributed by atoms with Gasteiger partial charge in [-0.25, -0.2) is 0 Å². The van der Waals surface area contributed by atoms with Gasteiger partial charge >= 0.3 is 0 Å². The zero-order chi connectivity index (χ0) is 8.20. The van der Waals surface area contributed by atoms with Gasteiger partial charge in [0.25, 0.3) is 0 Å². The fraction of sp³-hybridized carbons (Fsp3) is 0.778. The zero-order valence-corrected chi connectivity index (χ0v) is 7.44. The van der Waals surface area contributed by atoms with Gasteiger partial charge in [-0.05, 0) is 18.8 Å². The Morgan fingerprint density at radius 3 is 2.20 bits per heavy atom. The summed E-state index contributed by atoms with van der Waals surface area (Å²) in [5.74, 6) is 0. The van der Waals surface area contributed by atoms with Crippen LogP contribution >= 0.6 is 0 Å². The van der Waals surface area contributed by atoms with E-state index in [4.69, 9.17) is 5.11 Å². The maximum absolute atomic E-state index is 8.56. The van der Waals surface area contributed by atoms with Crippen molar-refractivity contribution in [2.24, 2.45) is 5.41 Å². The van der Waals surface area contributed by atoms with E-state index in [0.29, 0.717) is 5.41 Å². The molecule has 0 aliphatic carbocycles. The Morgan fingerprint density at radius 2 is 1.90 bits per heavy atom. The van der Waals surface area contributed by atoms with Crippen LogP contribution in [0.15, 0.2) is 11.6 Å². The summed E-state index contributed by atoms with van der Waals surface area (Å²) in [5, 5.41) is 8.56. The zero-order valence-electron chi connectivity index (χ0n) is 7.44. The molecule has 0 aromatic heterocycles. The molecule has 0 amide bonds. The highest BCUT2D eigenvalue weighted by Crippen LogP contribution is 2.23. The lowest BCUT2D eigenvalue weighted by molar-refractivity contribution is 0.339. The lowest BCUT2D eigenvalue weighted by Crippen LogP contribution is -2.05. The van der Waals surface area contributed by atoms with E-state index in [9.17, 15) is 0 Å². The predicted molar refractivity (Wildman–Crippen MR) is 44.9 cm³/mol. The van der Waals surface area contributed by atoms with E-state index < -0.39 is 0 Å². The van der Waals surface area contributed by atoms with Crippen LogP contribution in [0.3, 0.4) is 0 Å². The van der Waals surface area contributed by atoms with Gasteiger partial charge in [-0.3, -0.25) is 0 Å². The molecule has 0 radical (unpaired) electrons.